The van der Waals surface area contributed by atoms with Crippen molar-refractivity contribution in [1.82, 2.24) is 19.5 Å². The number of sulfonamides is 1. The molecule has 0 aliphatic carbocycles. The Hall–Kier alpha value is -1.25. The number of hydrogen-bond donors (Lipinski definition) is 1. The van der Waals surface area contributed by atoms with E-state index in [1.807, 2.05) is 13.8 Å². The number of rotatable bonds is 4. The van der Waals surface area contributed by atoms with Crippen molar-refractivity contribution in [2.45, 2.75) is 25.3 Å². The van der Waals surface area contributed by atoms with E-state index in [1.54, 1.807) is 6.07 Å². The van der Waals surface area contributed by atoms with Crippen LogP contribution in [0.4, 0.5) is 0 Å². The van der Waals surface area contributed by atoms with Gasteiger partial charge in [-0.3, -0.25) is 5.10 Å². The van der Waals surface area contributed by atoms with E-state index < -0.39 is 10.0 Å². The van der Waals surface area contributed by atoms with Crippen LogP contribution >= 0.6 is 11.3 Å². The summed E-state index contributed by atoms with van der Waals surface area (Å²) in [6.45, 7) is 3.89. The van der Waals surface area contributed by atoms with Gasteiger partial charge in [-0.1, -0.05) is 0 Å². The van der Waals surface area contributed by atoms with E-state index in [4.69, 9.17) is 0 Å². The summed E-state index contributed by atoms with van der Waals surface area (Å²) in [7, 11) is -1.94. The molecule has 0 atom stereocenters. The van der Waals surface area contributed by atoms with Crippen LogP contribution in [0.3, 0.4) is 0 Å². The number of aromatic amines is 1. The summed E-state index contributed by atoms with van der Waals surface area (Å²) in [6, 6.07) is 1.70. The smallest absolute Gasteiger partial charge is 0.244 e. The molecule has 98 valence electrons. The molecular formula is C10H14N4O2S2. The van der Waals surface area contributed by atoms with Gasteiger partial charge in [0.05, 0.1) is 11.4 Å². The molecule has 2 heterocycles. The Morgan fingerprint density at radius 2 is 2.17 bits per heavy atom. The minimum absolute atomic E-state index is 0.177. The van der Waals surface area contributed by atoms with Crippen molar-refractivity contribution in [3.05, 3.63) is 28.0 Å². The van der Waals surface area contributed by atoms with Crippen molar-refractivity contribution in [1.29, 1.82) is 0 Å². The van der Waals surface area contributed by atoms with Crippen molar-refractivity contribution in [3.8, 4) is 0 Å². The van der Waals surface area contributed by atoms with Gasteiger partial charge in [0.15, 0.2) is 0 Å². The lowest BCUT2D eigenvalue weighted by atomic mass is 10.4. The number of thiophene rings is 1. The molecule has 2 rings (SSSR count). The van der Waals surface area contributed by atoms with Gasteiger partial charge in [-0.05, 0) is 19.9 Å². The molecule has 0 saturated carbocycles. The summed E-state index contributed by atoms with van der Waals surface area (Å²) < 4.78 is 26.0. The van der Waals surface area contributed by atoms with Crippen molar-refractivity contribution in [3.63, 3.8) is 0 Å². The van der Waals surface area contributed by atoms with Crippen molar-refractivity contribution in [2.24, 2.45) is 0 Å². The maximum Gasteiger partial charge on any atom is 0.244 e. The molecule has 6 nitrogen and oxygen atoms in total. The minimum atomic E-state index is -3.47. The lowest BCUT2D eigenvalue weighted by Gasteiger charge is -2.15. The zero-order chi connectivity index (χ0) is 13.3. The van der Waals surface area contributed by atoms with Crippen LogP contribution < -0.4 is 0 Å². The third kappa shape index (κ3) is 2.45. The van der Waals surface area contributed by atoms with Crippen LogP contribution in [0, 0.1) is 13.8 Å². The van der Waals surface area contributed by atoms with Gasteiger partial charge in [-0.25, -0.2) is 13.4 Å². The minimum Gasteiger partial charge on any atom is -0.262 e. The highest BCUT2D eigenvalue weighted by molar-refractivity contribution is 7.89. The number of aryl methyl sites for hydroxylation is 2. The molecule has 0 spiro atoms. The van der Waals surface area contributed by atoms with Crippen molar-refractivity contribution < 1.29 is 8.42 Å². The first-order valence-corrected chi connectivity index (χ1v) is 7.54. The van der Waals surface area contributed by atoms with Gasteiger partial charge in [0, 0.05) is 16.8 Å². The van der Waals surface area contributed by atoms with Crippen LogP contribution in [-0.2, 0) is 16.6 Å². The Labute approximate surface area is 110 Å². The molecule has 0 unspecified atom stereocenters. The maximum atomic E-state index is 12.4. The highest BCUT2D eigenvalue weighted by Crippen LogP contribution is 2.27. The Morgan fingerprint density at radius 3 is 2.67 bits per heavy atom. The van der Waals surface area contributed by atoms with Gasteiger partial charge in [-0.15, -0.1) is 11.3 Å². The second-order valence-corrected chi connectivity index (χ2v) is 7.44. The first-order valence-electron chi connectivity index (χ1n) is 5.29. The number of nitrogens with one attached hydrogen (secondary N) is 1. The summed E-state index contributed by atoms with van der Waals surface area (Å²) >= 11 is 1.48. The fourth-order valence-electron chi connectivity index (χ4n) is 1.63. The Kier molecular flexibility index (Phi) is 3.51. The molecule has 0 aliphatic rings. The first kappa shape index (κ1) is 13.2. The molecule has 0 radical (unpaired) electrons. The summed E-state index contributed by atoms with van der Waals surface area (Å²) in [5.41, 5.74) is 0. The number of aromatic nitrogens is 3. The molecule has 0 fully saturated rings. The Morgan fingerprint density at radius 1 is 1.44 bits per heavy atom. The van der Waals surface area contributed by atoms with E-state index >= 15 is 0 Å². The maximum absolute atomic E-state index is 12.4. The van der Waals surface area contributed by atoms with E-state index in [2.05, 4.69) is 15.2 Å². The SMILES string of the molecule is Cc1cc(S(=O)(=O)N(C)Cc2ncn[nH]2)c(C)s1. The third-order valence-corrected chi connectivity index (χ3v) is 5.55. The van der Waals surface area contributed by atoms with E-state index in [0.717, 1.165) is 9.75 Å². The van der Waals surface area contributed by atoms with E-state index in [-0.39, 0.29) is 6.54 Å². The van der Waals surface area contributed by atoms with Gasteiger partial charge < -0.3 is 0 Å². The quantitative estimate of drug-likeness (QED) is 0.919. The molecule has 18 heavy (non-hydrogen) atoms. The first-order chi connectivity index (χ1) is 8.41. The van der Waals surface area contributed by atoms with E-state index in [0.29, 0.717) is 10.7 Å². The fraction of sp³-hybridized carbons (Fsp3) is 0.400. The molecule has 0 saturated heterocycles. The average Bonchev–Trinajstić information content (AvgIpc) is 2.88. The molecule has 1 N–H and O–H groups in total. The molecule has 0 amide bonds. The van der Waals surface area contributed by atoms with Gasteiger partial charge in [0.25, 0.3) is 0 Å². The lowest BCUT2D eigenvalue weighted by Crippen LogP contribution is -2.27. The van der Waals surface area contributed by atoms with Crippen LogP contribution in [0.5, 0.6) is 0 Å². The summed E-state index contributed by atoms with van der Waals surface area (Å²) in [6.07, 6.45) is 1.36. The number of H-pyrrole nitrogens is 1. The summed E-state index contributed by atoms with van der Waals surface area (Å²) in [5.74, 6) is 0.519. The molecule has 2 aromatic rings. The van der Waals surface area contributed by atoms with Crippen LogP contribution in [0.2, 0.25) is 0 Å². The number of hydrogen-bond acceptors (Lipinski definition) is 5. The standard InChI is InChI=1S/C10H14N4O2S2/c1-7-4-9(8(2)17-7)18(15,16)14(3)5-10-11-6-12-13-10/h4,6H,5H2,1-3H3,(H,11,12,13). The van der Waals surface area contributed by atoms with Crippen molar-refractivity contribution in [2.75, 3.05) is 7.05 Å². The van der Waals surface area contributed by atoms with Gasteiger partial charge >= 0.3 is 0 Å². The van der Waals surface area contributed by atoms with Crippen molar-refractivity contribution >= 4 is 21.4 Å². The second-order valence-electron chi connectivity index (χ2n) is 3.97. The average molecular weight is 286 g/mol. The highest BCUT2D eigenvalue weighted by atomic mass is 32.2. The third-order valence-electron chi connectivity index (χ3n) is 2.52. The zero-order valence-corrected chi connectivity index (χ0v) is 12.0. The fourth-order valence-corrected chi connectivity index (χ4v) is 4.29. The number of nitrogens with zero attached hydrogens (tertiary/aromatic N) is 3. The zero-order valence-electron chi connectivity index (χ0n) is 10.3. The van der Waals surface area contributed by atoms with Gasteiger partial charge in [0.1, 0.15) is 12.2 Å². The summed E-state index contributed by atoms with van der Waals surface area (Å²) in [5, 5.41) is 6.34. The Balaban J connectivity index is 2.28. The van der Waals surface area contributed by atoms with Gasteiger partial charge in [0.2, 0.25) is 10.0 Å². The second kappa shape index (κ2) is 4.79. The molecular weight excluding hydrogens is 272 g/mol. The van der Waals surface area contributed by atoms with Crippen LogP contribution in [0.15, 0.2) is 17.3 Å². The molecule has 0 aromatic carbocycles. The molecule has 0 aliphatic heterocycles. The predicted octanol–water partition coefficient (Wildman–Crippen LogP) is 1.30. The monoisotopic (exact) mass is 286 g/mol. The van der Waals surface area contributed by atoms with E-state index in [1.165, 1.54) is 29.0 Å². The van der Waals surface area contributed by atoms with Crippen LogP contribution in [0.25, 0.3) is 0 Å². The lowest BCUT2D eigenvalue weighted by molar-refractivity contribution is 0.457. The Bertz CT molecular complexity index is 631. The molecule has 0 bridgehead atoms. The van der Waals surface area contributed by atoms with E-state index in [9.17, 15) is 8.42 Å². The predicted molar refractivity (Wildman–Crippen MR) is 68.8 cm³/mol. The van der Waals surface area contributed by atoms with Gasteiger partial charge in [-0.2, -0.15) is 9.40 Å². The normalized spacial score (nSPS) is 12.2. The van der Waals surface area contributed by atoms with Crippen LogP contribution in [-0.4, -0.2) is 35.0 Å². The molecule has 8 heteroatoms. The largest absolute Gasteiger partial charge is 0.262 e. The highest BCUT2D eigenvalue weighted by Gasteiger charge is 2.25. The molecule has 2 aromatic heterocycles. The summed E-state index contributed by atoms with van der Waals surface area (Å²) in [4.78, 5) is 6.08. The van der Waals surface area contributed by atoms with Crippen LogP contribution in [0.1, 0.15) is 15.6 Å². The topological polar surface area (TPSA) is 79.0 Å².